The second-order valence-electron chi connectivity index (χ2n) is 4.41. The molecular weight excluding hydrogens is 216 g/mol. The van der Waals surface area contributed by atoms with Crippen molar-refractivity contribution >= 4 is 5.97 Å². The highest BCUT2D eigenvalue weighted by atomic mass is 16.5. The fraction of sp³-hybridized carbons (Fsp3) is 0.500. The summed E-state index contributed by atoms with van der Waals surface area (Å²) in [7, 11) is 0. The number of ether oxygens (including phenoxy) is 1. The number of carbonyl (C=O) groups is 1. The molecule has 17 heavy (non-hydrogen) atoms. The molecule has 1 atom stereocenters. The zero-order valence-corrected chi connectivity index (χ0v) is 10.9. The van der Waals surface area contributed by atoms with Gasteiger partial charge in [-0.1, -0.05) is 32.0 Å². The highest BCUT2D eigenvalue weighted by Crippen LogP contribution is 2.33. The molecule has 0 spiro atoms. The maximum atomic E-state index is 11.6. The van der Waals surface area contributed by atoms with Crippen molar-refractivity contribution in [2.45, 2.75) is 39.5 Å². The molecule has 94 valence electrons. The lowest BCUT2D eigenvalue weighted by molar-refractivity contribution is -0.144. The van der Waals surface area contributed by atoms with Gasteiger partial charge in [0.15, 0.2) is 0 Å². The molecule has 0 saturated heterocycles. The maximum Gasteiger partial charge on any atom is 0.313 e. The van der Waals surface area contributed by atoms with Crippen molar-refractivity contribution < 1.29 is 14.6 Å². The summed E-state index contributed by atoms with van der Waals surface area (Å²) in [4.78, 5) is 11.6. The number of hydrogen-bond acceptors (Lipinski definition) is 3. The van der Waals surface area contributed by atoms with Gasteiger partial charge >= 0.3 is 5.97 Å². The molecule has 1 aromatic rings. The lowest BCUT2D eigenvalue weighted by atomic mass is 9.93. The Morgan fingerprint density at radius 3 is 2.41 bits per heavy atom. The number of phenols is 1. The number of aromatic hydroxyl groups is 1. The van der Waals surface area contributed by atoms with Crippen LogP contribution in [0.5, 0.6) is 5.75 Å². The molecule has 0 bridgehead atoms. The van der Waals surface area contributed by atoms with Crippen molar-refractivity contribution in [3.05, 3.63) is 29.3 Å². The number of phenolic OH excluding ortho intramolecular Hbond substituents is 1. The zero-order valence-electron chi connectivity index (χ0n) is 10.9. The quantitative estimate of drug-likeness (QED) is 0.817. The number of carbonyl (C=O) groups excluding carboxylic acids is 1. The molecule has 3 heteroatoms. The van der Waals surface area contributed by atoms with E-state index in [4.69, 9.17) is 4.74 Å². The van der Waals surface area contributed by atoms with Crippen molar-refractivity contribution in [3.8, 4) is 5.75 Å². The van der Waals surface area contributed by atoms with Crippen LogP contribution in [-0.4, -0.2) is 17.7 Å². The van der Waals surface area contributed by atoms with E-state index in [1.165, 1.54) is 0 Å². The van der Waals surface area contributed by atoms with Crippen LogP contribution in [0.1, 0.15) is 50.7 Å². The molecule has 0 amide bonds. The Morgan fingerprint density at radius 2 is 1.88 bits per heavy atom. The van der Waals surface area contributed by atoms with E-state index in [9.17, 15) is 9.90 Å². The molecule has 0 aliphatic rings. The van der Waals surface area contributed by atoms with Crippen molar-refractivity contribution in [1.29, 1.82) is 0 Å². The second kappa shape index (κ2) is 5.71. The first kappa shape index (κ1) is 13.6. The first-order valence-corrected chi connectivity index (χ1v) is 5.97. The summed E-state index contributed by atoms with van der Waals surface area (Å²) in [5.74, 6) is -0.301. The summed E-state index contributed by atoms with van der Waals surface area (Å²) in [5.41, 5.74) is 1.49. The number of rotatable bonds is 4. The minimum absolute atomic E-state index is 0.211. The van der Waals surface area contributed by atoms with E-state index in [0.717, 1.165) is 5.56 Å². The van der Waals surface area contributed by atoms with Crippen molar-refractivity contribution in [1.82, 2.24) is 0 Å². The Kier molecular flexibility index (Phi) is 4.55. The minimum atomic E-state index is -0.436. The van der Waals surface area contributed by atoms with Gasteiger partial charge in [0, 0.05) is 5.56 Å². The van der Waals surface area contributed by atoms with E-state index < -0.39 is 5.92 Å². The van der Waals surface area contributed by atoms with E-state index in [2.05, 4.69) is 0 Å². The van der Waals surface area contributed by atoms with Crippen molar-refractivity contribution in [2.75, 3.05) is 6.61 Å². The molecule has 1 aromatic carbocycles. The van der Waals surface area contributed by atoms with Crippen LogP contribution in [0.2, 0.25) is 0 Å². The molecule has 0 heterocycles. The maximum absolute atomic E-state index is 11.6. The van der Waals surface area contributed by atoms with Crippen LogP contribution < -0.4 is 0 Å². The average molecular weight is 236 g/mol. The van der Waals surface area contributed by atoms with Crippen LogP contribution in [0.25, 0.3) is 0 Å². The van der Waals surface area contributed by atoms with Gasteiger partial charge in [-0.3, -0.25) is 4.79 Å². The van der Waals surface area contributed by atoms with Gasteiger partial charge < -0.3 is 9.84 Å². The summed E-state index contributed by atoms with van der Waals surface area (Å²) in [6, 6.07) is 5.50. The average Bonchev–Trinajstić information content (AvgIpc) is 2.28. The third-order valence-corrected chi connectivity index (χ3v) is 2.83. The van der Waals surface area contributed by atoms with Crippen LogP contribution in [0.15, 0.2) is 18.2 Å². The van der Waals surface area contributed by atoms with E-state index >= 15 is 0 Å². The first-order chi connectivity index (χ1) is 7.99. The molecule has 0 saturated carbocycles. The van der Waals surface area contributed by atoms with Gasteiger partial charge in [0.25, 0.3) is 0 Å². The molecule has 0 fully saturated rings. The molecule has 0 aliphatic heterocycles. The van der Waals surface area contributed by atoms with Crippen LogP contribution in [0.3, 0.4) is 0 Å². The normalized spacial score (nSPS) is 12.5. The highest BCUT2D eigenvalue weighted by Gasteiger charge is 2.21. The zero-order chi connectivity index (χ0) is 13.0. The predicted octanol–water partition coefficient (Wildman–Crippen LogP) is 3.18. The SMILES string of the molecule is CCOC(=O)C(C)c1cccc(C(C)C)c1O. The van der Waals surface area contributed by atoms with Gasteiger partial charge in [-0.15, -0.1) is 0 Å². The standard InChI is InChI=1S/C14H20O3/c1-5-17-14(16)10(4)12-8-6-7-11(9(2)3)13(12)15/h6-10,15H,5H2,1-4H3. The van der Waals surface area contributed by atoms with Crippen LogP contribution >= 0.6 is 0 Å². The Bertz CT molecular complexity index is 396. The minimum Gasteiger partial charge on any atom is -0.507 e. The Hall–Kier alpha value is -1.51. The molecule has 1 N–H and O–H groups in total. The molecular formula is C14H20O3. The fourth-order valence-corrected chi connectivity index (χ4v) is 1.79. The Balaban J connectivity index is 3.06. The largest absolute Gasteiger partial charge is 0.507 e. The van der Waals surface area contributed by atoms with Gasteiger partial charge in [0.2, 0.25) is 0 Å². The molecule has 1 rings (SSSR count). The van der Waals surface area contributed by atoms with Crippen molar-refractivity contribution in [3.63, 3.8) is 0 Å². The lowest BCUT2D eigenvalue weighted by Crippen LogP contribution is -2.13. The summed E-state index contributed by atoms with van der Waals surface area (Å²) < 4.78 is 4.96. The van der Waals surface area contributed by atoms with E-state index in [1.807, 2.05) is 26.0 Å². The van der Waals surface area contributed by atoms with Crippen LogP contribution in [-0.2, 0) is 9.53 Å². The van der Waals surface area contributed by atoms with Gasteiger partial charge in [0.05, 0.1) is 12.5 Å². The predicted molar refractivity (Wildman–Crippen MR) is 67.2 cm³/mol. The van der Waals surface area contributed by atoms with E-state index in [0.29, 0.717) is 12.2 Å². The van der Waals surface area contributed by atoms with Crippen LogP contribution in [0.4, 0.5) is 0 Å². The van der Waals surface area contributed by atoms with Gasteiger partial charge in [-0.25, -0.2) is 0 Å². The second-order valence-corrected chi connectivity index (χ2v) is 4.41. The molecule has 0 radical (unpaired) electrons. The van der Waals surface area contributed by atoms with Crippen LogP contribution in [0, 0.1) is 0 Å². The summed E-state index contributed by atoms with van der Waals surface area (Å²) in [5, 5.41) is 10.1. The summed E-state index contributed by atoms with van der Waals surface area (Å²) in [6.07, 6.45) is 0. The number of para-hydroxylation sites is 1. The smallest absolute Gasteiger partial charge is 0.313 e. The molecule has 3 nitrogen and oxygen atoms in total. The number of hydrogen-bond donors (Lipinski definition) is 1. The Labute approximate surface area is 102 Å². The molecule has 1 unspecified atom stereocenters. The Morgan fingerprint density at radius 1 is 1.29 bits per heavy atom. The topological polar surface area (TPSA) is 46.5 Å². The molecule has 0 aromatic heterocycles. The number of esters is 1. The fourth-order valence-electron chi connectivity index (χ4n) is 1.79. The van der Waals surface area contributed by atoms with Gasteiger partial charge in [-0.05, 0) is 25.3 Å². The third-order valence-electron chi connectivity index (χ3n) is 2.83. The lowest BCUT2D eigenvalue weighted by Gasteiger charge is -2.16. The monoisotopic (exact) mass is 236 g/mol. The number of benzene rings is 1. The first-order valence-electron chi connectivity index (χ1n) is 5.97. The highest BCUT2D eigenvalue weighted by molar-refractivity contribution is 5.79. The van der Waals surface area contributed by atoms with E-state index in [1.54, 1.807) is 19.9 Å². The summed E-state index contributed by atoms with van der Waals surface area (Å²) >= 11 is 0. The van der Waals surface area contributed by atoms with E-state index in [-0.39, 0.29) is 17.6 Å². The van der Waals surface area contributed by atoms with Gasteiger partial charge in [0.1, 0.15) is 5.75 Å². The van der Waals surface area contributed by atoms with Crippen molar-refractivity contribution in [2.24, 2.45) is 0 Å². The summed E-state index contributed by atoms with van der Waals surface area (Å²) in [6.45, 7) is 7.89. The third kappa shape index (κ3) is 2.99. The molecule has 0 aliphatic carbocycles. The van der Waals surface area contributed by atoms with Gasteiger partial charge in [-0.2, -0.15) is 0 Å².